The third-order valence-electron chi connectivity index (χ3n) is 4.06. The van der Waals surface area contributed by atoms with Crippen LogP contribution in [0.5, 0.6) is 0 Å². The van der Waals surface area contributed by atoms with Crippen molar-refractivity contribution in [1.82, 2.24) is 0 Å². The van der Waals surface area contributed by atoms with Crippen LogP contribution in [0.2, 0.25) is 13.3 Å². The van der Waals surface area contributed by atoms with Crippen molar-refractivity contribution in [3.63, 3.8) is 0 Å². The summed E-state index contributed by atoms with van der Waals surface area (Å²) in [5, 5.41) is 19.6. The van der Waals surface area contributed by atoms with Crippen LogP contribution in [0.15, 0.2) is 0 Å². The van der Waals surface area contributed by atoms with E-state index in [1.165, 1.54) is 0 Å². The Labute approximate surface area is 129 Å². The molecule has 0 aliphatic heterocycles. The molecule has 0 amide bonds. The molecule has 0 unspecified atom stereocenters. The fourth-order valence-corrected chi connectivity index (χ4v) is 6.09. The van der Waals surface area contributed by atoms with Crippen LogP contribution in [-0.2, 0) is 0 Å². The minimum atomic E-state index is -0.653. The van der Waals surface area contributed by atoms with Crippen molar-refractivity contribution >= 4 is 19.8 Å². The van der Waals surface area contributed by atoms with Gasteiger partial charge in [-0.15, -0.1) is 13.2 Å². The normalized spacial score (nSPS) is 10.4. The van der Waals surface area contributed by atoms with Crippen LogP contribution in [0.3, 0.4) is 0 Å². The Balaban J connectivity index is -0.000000228. The van der Waals surface area contributed by atoms with Gasteiger partial charge in [0, 0.05) is 0 Å². The zero-order chi connectivity index (χ0) is 15.7. The fraction of sp³-hybridized carbons (Fsp3) is 1.00. The second-order valence-corrected chi connectivity index (χ2v) is 15.1. The third kappa shape index (κ3) is 14.9. The molecule has 0 aliphatic carbocycles. The molecule has 3 radical (unpaired) electrons. The summed E-state index contributed by atoms with van der Waals surface area (Å²) in [5.74, 6) is 0. The van der Waals surface area contributed by atoms with E-state index in [1.807, 2.05) is 0 Å². The molecule has 2 nitrogen and oxygen atoms in total. The van der Waals surface area contributed by atoms with E-state index < -0.39 is 19.8 Å². The monoisotopic (exact) mass is 381 g/mol. The molecule has 0 saturated carbocycles. The molecule has 19 heavy (non-hydrogen) atoms. The average molecular weight is 380 g/mol. The molecule has 3 heteroatoms. The quantitative estimate of drug-likeness (QED) is 0.635. The van der Waals surface area contributed by atoms with Gasteiger partial charge in [0.05, 0.1) is 0 Å². The van der Waals surface area contributed by atoms with E-state index in [9.17, 15) is 5.11 Å². The Morgan fingerprint density at radius 1 is 0.684 bits per heavy atom. The van der Waals surface area contributed by atoms with Crippen LogP contribution < -0.4 is 10.2 Å². The molecule has 0 atom stereocenters. The summed E-state index contributed by atoms with van der Waals surface area (Å²) in [5.41, 5.74) is 0.111. The molecule has 0 rings (SSSR count). The predicted molar refractivity (Wildman–Crippen MR) is 85.9 cm³/mol. The number of rotatable bonds is 7. The zero-order valence-corrected chi connectivity index (χ0v) is 17.3. The van der Waals surface area contributed by atoms with Gasteiger partial charge in [0.1, 0.15) is 0 Å². The molecule has 0 aliphatic rings. The molecule has 0 aromatic carbocycles. The molecule has 0 heterocycles. The Morgan fingerprint density at radius 3 is 0.947 bits per heavy atom. The fourth-order valence-electron chi connectivity index (χ4n) is 1.81. The van der Waals surface area contributed by atoms with Gasteiger partial charge in [0.15, 0.2) is 0 Å². The van der Waals surface area contributed by atoms with E-state index in [0.717, 1.165) is 19.3 Å². The van der Waals surface area contributed by atoms with Gasteiger partial charge in [-0.25, -0.2) is 0 Å². The first-order chi connectivity index (χ1) is 9.00. The van der Waals surface area contributed by atoms with Crippen LogP contribution in [0.4, 0.5) is 0 Å². The van der Waals surface area contributed by atoms with Crippen LogP contribution in [0, 0.1) is 5.41 Å². The molecule has 0 N–H and O–H groups in total. The summed E-state index contributed by atoms with van der Waals surface area (Å²) < 4.78 is 4.65. The van der Waals surface area contributed by atoms with Gasteiger partial charge in [-0.2, -0.15) is 0 Å². The van der Waals surface area contributed by atoms with Crippen molar-refractivity contribution in [3.8, 4) is 0 Å². The van der Waals surface area contributed by atoms with Gasteiger partial charge < -0.3 is 10.2 Å². The third-order valence-corrected chi connectivity index (χ3v) is 12.6. The second kappa shape index (κ2) is 18.7. The van der Waals surface area contributed by atoms with Gasteiger partial charge in [0.25, 0.3) is 0 Å². The van der Waals surface area contributed by atoms with Gasteiger partial charge in [-0.3, -0.25) is 0 Å². The molecule has 0 aromatic heterocycles. The van der Waals surface area contributed by atoms with E-state index in [-0.39, 0.29) is 18.6 Å². The van der Waals surface area contributed by atoms with Crippen molar-refractivity contribution in [2.75, 3.05) is 13.2 Å². The van der Waals surface area contributed by atoms with Crippen molar-refractivity contribution in [2.45, 2.75) is 81.0 Å². The van der Waals surface area contributed by atoms with Crippen LogP contribution in [-0.4, -0.2) is 33.0 Å². The van der Waals surface area contributed by atoms with E-state index in [0.29, 0.717) is 0 Å². The van der Waals surface area contributed by atoms with E-state index in [2.05, 4.69) is 41.5 Å². The summed E-state index contributed by atoms with van der Waals surface area (Å²) in [6.45, 7) is 15.0. The van der Waals surface area contributed by atoms with Crippen LogP contribution in [0.25, 0.3) is 0 Å². The Kier molecular flexibility index (Phi) is 24.4. The number of hydrogen-bond donors (Lipinski definition) is 0. The summed E-state index contributed by atoms with van der Waals surface area (Å²) in [4.78, 5) is 0. The zero-order valence-electron chi connectivity index (χ0n) is 14.5. The summed E-state index contributed by atoms with van der Waals surface area (Å²) in [6.07, 6.45) is 3.09. The molecule has 0 saturated heterocycles. The SMILES string of the molecule is CCC(CC)(CC)C[O-].CC[O-].C[CH2][Sn+2]([CH2]C)[CH2]C. The molecular weight excluding hydrogens is 343 g/mol. The van der Waals surface area contributed by atoms with Gasteiger partial charge in [0.2, 0.25) is 0 Å². The van der Waals surface area contributed by atoms with Crippen molar-refractivity contribution < 1.29 is 10.2 Å². The Morgan fingerprint density at radius 2 is 0.947 bits per heavy atom. The maximum absolute atomic E-state index is 10.6. The van der Waals surface area contributed by atoms with Crippen LogP contribution in [0.1, 0.15) is 67.7 Å². The van der Waals surface area contributed by atoms with Crippen molar-refractivity contribution in [2.24, 2.45) is 5.41 Å². The molecule has 0 fully saturated rings. The molecular formula is C16H37O2Sn. The maximum atomic E-state index is 10.6. The number of hydrogen-bond acceptors (Lipinski definition) is 2. The van der Waals surface area contributed by atoms with Gasteiger partial charge in [-0.1, -0.05) is 47.0 Å². The van der Waals surface area contributed by atoms with Gasteiger partial charge in [-0.05, 0) is 5.41 Å². The first-order valence-corrected chi connectivity index (χ1v) is 14.1. The van der Waals surface area contributed by atoms with Crippen molar-refractivity contribution in [3.05, 3.63) is 0 Å². The summed E-state index contributed by atoms with van der Waals surface area (Å²) in [7, 11) is 0. The molecule has 0 aromatic rings. The molecule has 117 valence electrons. The first kappa shape index (κ1) is 24.7. The molecule has 0 bridgehead atoms. The van der Waals surface area contributed by atoms with Crippen molar-refractivity contribution in [1.29, 1.82) is 0 Å². The van der Waals surface area contributed by atoms with Gasteiger partial charge >= 0.3 is 53.8 Å². The second-order valence-electron chi connectivity index (χ2n) is 4.80. The van der Waals surface area contributed by atoms with E-state index in [1.54, 1.807) is 20.2 Å². The standard InChI is InChI=1S/C8H17O.C2H5O.3C2H5.Sn/c1-4-8(5-2,6-3)7-9;1-2-3;3*1-2;/h4-7H2,1-3H3;2H2,1H3;3*1H2,2H3;/q2*-1;;;;+2. The molecule has 0 spiro atoms. The topological polar surface area (TPSA) is 46.1 Å². The van der Waals surface area contributed by atoms with E-state index >= 15 is 0 Å². The summed E-state index contributed by atoms with van der Waals surface area (Å²) >= 11 is -0.653. The Bertz CT molecular complexity index is 121. The Hall–Kier alpha value is 0.719. The first-order valence-electron chi connectivity index (χ1n) is 8.00. The average Bonchev–Trinajstić information content (AvgIpc) is 2.45. The predicted octanol–water partition coefficient (Wildman–Crippen LogP) is 3.47. The van der Waals surface area contributed by atoms with E-state index in [4.69, 9.17) is 5.11 Å². The summed E-state index contributed by atoms with van der Waals surface area (Å²) in [6, 6.07) is 0. The minimum absolute atomic E-state index is 0. The van der Waals surface area contributed by atoms with Crippen LogP contribution >= 0.6 is 0 Å².